The molecular formula is C14H13F2N. The SMILES string of the molecule is CNc1ccc(Cc2ccc(F)cc2F)cc1. The molecule has 17 heavy (non-hydrogen) atoms. The smallest absolute Gasteiger partial charge is 0.129 e. The number of rotatable bonds is 3. The lowest BCUT2D eigenvalue weighted by Crippen LogP contribution is -1.94. The van der Waals surface area contributed by atoms with Gasteiger partial charge in [0, 0.05) is 25.2 Å². The van der Waals surface area contributed by atoms with Crippen molar-refractivity contribution in [1.82, 2.24) is 0 Å². The standard InChI is InChI=1S/C14H13F2N/c1-17-13-6-2-10(3-7-13)8-11-4-5-12(15)9-14(11)16/h2-7,9,17H,8H2,1H3. The van der Waals surface area contributed by atoms with Gasteiger partial charge in [-0.15, -0.1) is 0 Å². The predicted molar refractivity (Wildman–Crippen MR) is 65.2 cm³/mol. The van der Waals surface area contributed by atoms with E-state index in [1.165, 1.54) is 12.1 Å². The van der Waals surface area contributed by atoms with E-state index in [0.717, 1.165) is 17.3 Å². The molecule has 2 aromatic rings. The lowest BCUT2D eigenvalue weighted by Gasteiger charge is -2.05. The molecule has 0 spiro atoms. The molecule has 0 heterocycles. The van der Waals surface area contributed by atoms with Crippen molar-refractivity contribution in [1.29, 1.82) is 0 Å². The second kappa shape index (κ2) is 4.95. The van der Waals surface area contributed by atoms with Crippen LogP contribution in [0.15, 0.2) is 42.5 Å². The molecule has 0 aromatic heterocycles. The lowest BCUT2D eigenvalue weighted by atomic mass is 10.0. The van der Waals surface area contributed by atoms with Gasteiger partial charge in [-0.05, 0) is 29.3 Å². The van der Waals surface area contributed by atoms with Crippen molar-refractivity contribution in [2.24, 2.45) is 0 Å². The molecule has 0 unspecified atom stereocenters. The Kier molecular flexibility index (Phi) is 3.38. The highest BCUT2D eigenvalue weighted by Crippen LogP contribution is 2.16. The van der Waals surface area contributed by atoms with E-state index in [1.807, 2.05) is 31.3 Å². The van der Waals surface area contributed by atoms with Gasteiger partial charge in [0.25, 0.3) is 0 Å². The zero-order chi connectivity index (χ0) is 12.3. The van der Waals surface area contributed by atoms with Crippen molar-refractivity contribution < 1.29 is 8.78 Å². The zero-order valence-corrected chi connectivity index (χ0v) is 9.50. The number of hydrogen-bond donors (Lipinski definition) is 1. The summed E-state index contributed by atoms with van der Waals surface area (Å²) in [4.78, 5) is 0. The summed E-state index contributed by atoms with van der Waals surface area (Å²) in [5.74, 6) is -1.04. The van der Waals surface area contributed by atoms with Crippen molar-refractivity contribution >= 4 is 5.69 Å². The van der Waals surface area contributed by atoms with Gasteiger partial charge in [-0.1, -0.05) is 18.2 Å². The van der Waals surface area contributed by atoms with Gasteiger partial charge in [0.15, 0.2) is 0 Å². The van der Waals surface area contributed by atoms with Gasteiger partial charge in [0.05, 0.1) is 0 Å². The Morgan fingerprint density at radius 1 is 1.00 bits per heavy atom. The molecule has 0 amide bonds. The van der Waals surface area contributed by atoms with E-state index in [0.29, 0.717) is 12.0 Å². The summed E-state index contributed by atoms with van der Waals surface area (Å²) < 4.78 is 26.2. The molecule has 0 fully saturated rings. The van der Waals surface area contributed by atoms with Gasteiger partial charge in [-0.3, -0.25) is 0 Å². The van der Waals surface area contributed by atoms with Gasteiger partial charge < -0.3 is 5.32 Å². The molecule has 0 aliphatic carbocycles. The largest absolute Gasteiger partial charge is 0.388 e. The fraction of sp³-hybridized carbons (Fsp3) is 0.143. The van der Waals surface area contributed by atoms with E-state index in [-0.39, 0.29) is 0 Å². The summed E-state index contributed by atoms with van der Waals surface area (Å²) in [7, 11) is 1.84. The van der Waals surface area contributed by atoms with E-state index in [1.54, 1.807) is 0 Å². The van der Waals surface area contributed by atoms with Crippen molar-refractivity contribution in [3.63, 3.8) is 0 Å². The molecule has 0 aliphatic rings. The predicted octanol–water partition coefficient (Wildman–Crippen LogP) is 3.60. The Hall–Kier alpha value is -1.90. The second-order valence-corrected chi connectivity index (χ2v) is 3.86. The molecule has 0 saturated heterocycles. The molecule has 0 aliphatic heterocycles. The average Bonchev–Trinajstić information content (AvgIpc) is 2.34. The molecular weight excluding hydrogens is 220 g/mol. The summed E-state index contributed by atoms with van der Waals surface area (Å²) in [5, 5.41) is 3.01. The van der Waals surface area contributed by atoms with Crippen LogP contribution in [0.4, 0.5) is 14.5 Å². The van der Waals surface area contributed by atoms with Crippen LogP contribution >= 0.6 is 0 Å². The Morgan fingerprint density at radius 2 is 1.71 bits per heavy atom. The van der Waals surface area contributed by atoms with Crippen molar-refractivity contribution in [2.75, 3.05) is 12.4 Å². The van der Waals surface area contributed by atoms with E-state index in [9.17, 15) is 8.78 Å². The Bertz CT molecular complexity index is 506. The van der Waals surface area contributed by atoms with Crippen molar-refractivity contribution in [2.45, 2.75) is 6.42 Å². The van der Waals surface area contributed by atoms with Crippen LogP contribution in [0.25, 0.3) is 0 Å². The maximum Gasteiger partial charge on any atom is 0.129 e. The highest BCUT2D eigenvalue weighted by molar-refractivity contribution is 5.44. The van der Waals surface area contributed by atoms with E-state index in [2.05, 4.69) is 5.32 Å². The average molecular weight is 233 g/mol. The minimum Gasteiger partial charge on any atom is -0.388 e. The molecule has 88 valence electrons. The molecule has 0 radical (unpaired) electrons. The Balaban J connectivity index is 2.19. The van der Waals surface area contributed by atoms with Gasteiger partial charge >= 0.3 is 0 Å². The van der Waals surface area contributed by atoms with Crippen LogP contribution in [0, 0.1) is 11.6 Å². The van der Waals surface area contributed by atoms with Crippen LogP contribution in [0.1, 0.15) is 11.1 Å². The third kappa shape index (κ3) is 2.81. The maximum atomic E-state index is 13.4. The quantitative estimate of drug-likeness (QED) is 0.854. The fourth-order valence-corrected chi connectivity index (χ4v) is 1.67. The number of hydrogen-bond acceptors (Lipinski definition) is 1. The Morgan fingerprint density at radius 3 is 2.29 bits per heavy atom. The molecule has 2 aromatic carbocycles. The van der Waals surface area contributed by atoms with Crippen LogP contribution in [0.2, 0.25) is 0 Å². The van der Waals surface area contributed by atoms with Gasteiger partial charge in [0.1, 0.15) is 11.6 Å². The van der Waals surface area contributed by atoms with Crippen LogP contribution in [0.5, 0.6) is 0 Å². The van der Waals surface area contributed by atoms with Crippen molar-refractivity contribution in [3.05, 3.63) is 65.2 Å². The molecule has 2 rings (SSSR count). The normalized spacial score (nSPS) is 10.3. The van der Waals surface area contributed by atoms with E-state index >= 15 is 0 Å². The third-order valence-corrected chi connectivity index (χ3v) is 2.65. The summed E-state index contributed by atoms with van der Waals surface area (Å²) in [6, 6.07) is 11.4. The molecule has 0 saturated carbocycles. The minimum absolute atomic E-state index is 0.468. The minimum atomic E-state index is -0.545. The summed E-state index contributed by atoms with van der Waals surface area (Å²) in [6.07, 6.45) is 0.468. The maximum absolute atomic E-state index is 13.4. The highest BCUT2D eigenvalue weighted by Gasteiger charge is 2.04. The number of halogens is 2. The van der Waals surface area contributed by atoms with E-state index in [4.69, 9.17) is 0 Å². The molecule has 1 nitrogen and oxygen atoms in total. The van der Waals surface area contributed by atoms with Crippen LogP contribution in [-0.4, -0.2) is 7.05 Å². The van der Waals surface area contributed by atoms with Crippen LogP contribution in [-0.2, 0) is 6.42 Å². The summed E-state index contributed by atoms with van der Waals surface area (Å²) >= 11 is 0. The molecule has 0 bridgehead atoms. The summed E-state index contributed by atoms with van der Waals surface area (Å²) in [6.45, 7) is 0. The fourth-order valence-electron chi connectivity index (χ4n) is 1.67. The molecule has 0 atom stereocenters. The van der Waals surface area contributed by atoms with Crippen molar-refractivity contribution in [3.8, 4) is 0 Å². The number of benzene rings is 2. The first-order valence-electron chi connectivity index (χ1n) is 5.39. The first-order valence-corrected chi connectivity index (χ1v) is 5.39. The van der Waals surface area contributed by atoms with Gasteiger partial charge in [-0.2, -0.15) is 0 Å². The third-order valence-electron chi connectivity index (χ3n) is 2.65. The van der Waals surface area contributed by atoms with Gasteiger partial charge in [-0.25, -0.2) is 8.78 Å². The zero-order valence-electron chi connectivity index (χ0n) is 9.50. The van der Waals surface area contributed by atoms with Crippen LogP contribution in [0.3, 0.4) is 0 Å². The van der Waals surface area contributed by atoms with Crippen LogP contribution < -0.4 is 5.32 Å². The Labute approximate surface area is 99.1 Å². The highest BCUT2D eigenvalue weighted by atomic mass is 19.1. The van der Waals surface area contributed by atoms with E-state index < -0.39 is 11.6 Å². The number of anilines is 1. The monoisotopic (exact) mass is 233 g/mol. The molecule has 1 N–H and O–H groups in total. The number of nitrogens with one attached hydrogen (secondary N) is 1. The first-order chi connectivity index (χ1) is 8.19. The topological polar surface area (TPSA) is 12.0 Å². The summed E-state index contributed by atoms with van der Waals surface area (Å²) in [5.41, 5.74) is 2.51. The molecule has 3 heteroatoms. The van der Waals surface area contributed by atoms with Gasteiger partial charge in [0.2, 0.25) is 0 Å². The first kappa shape index (κ1) is 11.6. The second-order valence-electron chi connectivity index (χ2n) is 3.86. The lowest BCUT2D eigenvalue weighted by molar-refractivity contribution is 0.574.